The summed E-state index contributed by atoms with van der Waals surface area (Å²) in [6, 6.07) is 3.53. The van der Waals surface area contributed by atoms with Gasteiger partial charge in [0, 0.05) is 30.1 Å². The van der Waals surface area contributed by atoms with Gasteiger partial charge in [0.05, 0.1) is 0 Å². The molecule has 23 heavy (non-hydrogen) atoms. The normalized spacial score (nSPS) is 18.3. The van der Waals surface area contributed by atoms with E-state index in [1.807, 2.05) is 20.8 Å². The fraction of sp³-hybridized carbons (Fsp3) is 0.588. The fourth-order valence-electron chi connectivity index (χ4n) is 2.50. The monoisotopic (exact) mass is 386 g/mol. The van der Waals surface area contributed by atoms with E-state index in [1.165, 1.54) is 0 Å². The van der Waals surface area contributed by atoms with Crippen LogP contribution in [0.25, 0.3) is 0 Å². The third-order valence-corrected chi connectivity index (χ3v) is 4.49. The number of halogens is 2. The summed E-state index contributed by atoms with van der Waals surface area (Å²) in [7, 11) is 0. The van der Waals surface area contributed by atoms with Crippen LogP contribution in [0.4, 0.5) is 9.18 Å². The third-order valence-electron chi connectivity index (χ3n) is 3.75. The zero-order valence-corrected chi connectivity index (χ0v) is 15.7. The topological polar surface area (TPSA) is 41.6 Å². The van der Waals surface area contributed by atoms with Gasteiger partial charge in [-0.05, 0) is 57.4 Å². The lowest BCUT2D eigenvalue weighted by Crippen LogP contribution is -2.38. The molecule has 1 aromatic carbocycles. The van der Waals surface area contributed by atoms with E-state index < -0.39 is 5.60 Å². The number of aryl methyl sites for hydroxylation is 1. The third kappa shape index (κ3) is 5.18. The van der Waals surface area contributed by atoms with Gasteiger partial charge in [-0.3, -0.25) is 0 Å². The Morgan fingerprint density at radius 1 is 1.48 bits per heavy atom. The Balaban J connectivity index is 1.87. The number of likely N-dealkylation sites (tertiary alicyclic amines) is 1. The van der Waals surface area contributed by atoms with E-state index in [9.17, 15) is 9.18 Å². The van der Waals surface area contributed by atoms with Gasteiger partial charge in [-0.25, -0.2) is 9.18 Å². The Labute approximate surface area is 145 Å². The number of carbonyl (C=O) groups excluding carboxylic acids is 1. The molecule has 0 radical (unpaired) electrons. The molecule has 0 saturated carbocycles. The molecule has 128 valence electrons. The minimum atomic E-state index is -0.479. The van der Waals surface area contributed by atoms with Gasteiger partial charge < -0.3 is 15.0 Å². The van der Waals surface area contributed by atoms with Crippen molar-refractivity contribution in [2.45, 2.75) is 52.3 Å². The molecule has 0 spiro atoms. The number of amides is 1. The van der Waals surface area contributed by atoms with Crippen LogP contribution in [0.15, 0.2) is 16.6 Å². The Morgan fingerprint density at radius 3 is 2.83 bits per heavy atom. The molecule has 1 saturated heterocycles. The van der Waals surface area contributed by atoms with Crippen molar-refractivity contribution in [1.82, 2.24) is 10.2 Å². The molecule has 4 nitrogen and oxygen atoms in total. The van der Waals surface area contributed by atoms with Crippen molar-refractivity contribution in [2.75, 3.05) is 13.1 Å². The molecular formula is C17H24BrFN2O2. The van der Waals surface area contributed by atoms with Crippen molar-refractivity contribution in [3.05, 3.63) is 33.5 Å². The summed E-state index contributed by atoms with van der Waals surface area (Å²) in [4.78, 5) is 13.8. The maximum absolute atomic E-state index is 13.7. The van der Waals surface area contributed by atoms with Crippen molar-refractivity contribution in [3.8, 4) is 0 Å². The number of hydrogen-bond donors (Lipinski definition) is 1. The molecule has 6 heteroatoms. The molecule has 1 amide bonds. The number of ether oxygens (including phenoxy) is 1. The number of rotatable bonds is 3. The van der Waals surface area contributed by atoms with Crippen LogP contribution in [-0.2, 0) is 11.3 Å². The predicted molar refractivity (Wildman–Crippen MR) is 91.9 cm³/mol. The van der Waals surface area contributed by atoms with E-state index in [-0.39, 0.29) is 18.0 Å². The number of nitrogens with one attached hydrogen (secondary N) is 1. The molecule has 0 aliphatic carbocycles. The number of nitrogens with zero attached hydrogens (tertiary/aromatic N) is 1. The predicted octanol–water partition coefficient (Wildman–Crippen LogP) is 4.00. The Hall–Kier alpha value is -1.14. The van der Waals surface area contributed by atoms with E-state index in [4.69, 9.17) is 4.74 Å². The van der Waals surface area contributed by atoms with Crippen LogP contribution in [0, 0.1) is 12.7 Å². The lowest BCUT2D eigenvalue weighted by molar-refractivity contribution is 0.0291. The fourth-order valence-corrected chi connectivity index (χ4v) is 3.09. The van der Waals surface area contributed by atoms with Crippen molar-refractivity contribution >= 4 is 22.0 Å². The van der Waals surface area contributed by atoms with Gasteiger partial charge >= 0.3 is 6.09 Å². The van der Waals surface area contributed by atoms with Crippen molar-refractivity contribution in [2.24, 2.45) is 0 Å². The van der Waals surface area contributed by atoms with Gasteiger partial charge in [0.1, 0.15) is 11.4 Å². The molecule has 1 unspecified atom stereocenters. The number of hydrogen-bond acceptors (Lipinski definition) is 3. The Kier molecular flexibility index (Phi) is 5.68. The highest BCUT2D eigenvalue weighted by atomic mass is 79.9. The zero-order chi connectivity index (χ0) is 17.2. The lowest BCUT2D eigenvalue weighted by Gasteiger charge is -2.24. The molecule has 0 aromatic heterocycles. The molecule has 1 aliphatic heterocycles. The van der Waals surface area contributed by atoms with Crippen LogP contribution in [-0.4, -0.2) is 35.7 Å². The quantitative estimate of drug-likeness (QED) is 0.853. The molecule has 1 N–H and O–H groups in total. The van der Waals surface area contributed by atoms with Gasteiger partial charge in [-0.1, -0.05) is 15.9 Å². The SMILES string of the molecule is Cc1cc(Br)c(CNC2CCN(C(=O)OC(C)(C)C)C2)cc1F. The average Bonchev–Trinajstić information content (AvgIpc) is 2.88. The molecule has 0 bridgehead atoms. The first-order chi connectivity index (χ1) is 10.7. The summed E-state index contributed by atoms with van der Waals surface area (Å²) in [6.07, 6.45) is 0.593. The first-order valence-corrected chi connectivity index (χ1v) is 8.61. The highest BCUT2D eigenvalue weighted by molar-refractivity contribution is 9.10. The second-order valence-corrected chi connectivity index (χ2v) is 7.84. The van der Waals surface area contributed by atoms with E-state index in [0.29, 0.717) is 25.2 Å². The minimum absolute atomic E-state index is 0.193. The molecule has 1 fully saturated rings. The van der Waals surface area contributed by atoms with Gasteiger partial charge in [-0.2, -0.15) is 0 Å². The highest BCUT2D eigenvalue weighted by Gasteiger charge is 2.29. The van der Waals surface area contributed by atoms with Gasteiger partial charge in [0.25, 0.3) is 0 Å². The van der Waals surface area contributed by atoms with Crippen LogP contribution in [0.1, 0.15) is 38.3 Å². The summed E-state index contributed by atoms with van der Waals surface area (Å²) in [5.41, 5.74) is 1.02. The second kappa shape index (κ2) is 7.18. The van der Waals surface area contributed by atoms with E-state index in [1.54, 1.807) is 24.0 Å². The molecular weight excluding hydrogens is 363 g/mol. The van der Waals surface area contributed by atoms with E-state index in [0.717, 1.165) is 16.5 Å². The van der Waals surface area contributed by atoms with E-state index in [2.05, 4.69) is 21.2 Å². The Bertz CT molecular complexity index is 587. The Morgan fingerprint density at radius 2 is 2.17 bits per heavy atom. The summed E-state index contributed by atoms with van der Waals surface area (Å²) < 4.78 is 19.9. The molecule has 1 aliphatic rings. The maximum Gasteiger partial charge on any atom is 0.410 e. The minimum Gasteiger partial charge on any atom is -0.444 e. The number of carbonyl (C=O) groups is 1. The van der Waals surface area contributed by atoms with Gasteiger partial charge in [0.2, 0.25) is 0 Å². The van der Waals surface area contributed by atoms with Crippen molar-refractivity contribution in [1.29, 1.82) is 0 Å². The van der Waals surface area contributed by atoms with Gasteiger partial charge in [0.15, 0.2) is 0 Å². The summed E-state index contributed by atoms with van der Waals surface area (Å²) in [6.45, 7) is 9.18. The summed E-state index contributed by atoms with van der Waals surface area (Å²) in [5, 5.41) is 3.39. The molecule has 1 aromatic rings. The molecule has 2 rings (SSSR count). The average molecular weight is 387 g/mol. The van der Waals surface area contributed by atoms with Crippen LogP contribution < -0.4 is 5.32 Å². The largest absolute Gasteiger partial charge is 0.444 e. The van der Waals surface area contributed by atoms with E-state index >= 15 is 0 Å². The summed E-state index contributed by atoms with van der Waals surface area (Å²) >= 11 is 3.47. The number of benzene rings is 1. The first kappa shape index (κ1) is 18.2. The first-order valence-electron chi connectivity index (χ1n) is 7.81. The van der Waals surface area contributed by atoms with Crippen LogP contribution in [0.5, 0.6) is 0 Å². The highest BCUT2D eigenvalue weighted by Crippen LogP contribution is 2.22. The van der Waals surface area contributed by atoms with Crippen LogP contribution in [0.2, 0.25) is 0 Å². The van der Waals surface area contributed by atoms with Crippen LogP contribution in [0.3, 0.4) is 0 Å². The lowest BCUT2D eigenvalue weighted by atomic mass is 10.1. The zero-order valence-electron chi connectivity index (χ0n) is 14.1. The summed E-state index contributed by atoms with van der Waals surface area (Å²) in [5.74, 6) is -0.202. The standard InChI is InChI=1S/C17H24BrFN2O2/c1-11-7-14(18)12(8-15(11)19)9-20-13-5-6-21(10-13)16(22)23-17(2,3)4/h7-8,13,20H,5-6,9-10H2,1-4H3. The molecule has 1 heterocycles. The van der Waals surface area contributed by atoms with Crippen molar-refractivity contribution in [3.63, 3.8) is 0 Å². The second-order valence-electron chi connectivity index (χ2n) is 6.99. The maximum atomic E-state index is 13.7. The molecule has 1 atom stereocenters. The smallest absolute Gasteiger partial charge is 0.410 e. The van der Waals surface area contributed by atoms with Crippen molar-refractivity contribution < 1.29 is 13.9 Å². The van der Waals surface area contributed by atoms with Gasteiger partial charge in [-0.15, -0.1) is 0 Å². The van der Waals surface area contributed by atoms with Crippen LogP contribution >= 0.6 is 15.9 Å².